The smallest absolute Gasteiger partial charge is 0.166 e. The van der Waals surface area contributed by atoms with Gasteiger partial charge in [-0.1, -0.05) is 30.3 Å². The zero-order valence-electron chi connectivity index (χ0n) is 18.1. The van der Waals surface area contributed by atoms with Crippen LogP contribution in [0, 0.1) is 0 Å². The number of hydrogen-bond donors (Lipinski definition) is 2. The van der Waals surface area contributed by atoms with Crippen LogP contribution in [0.4, 0.5) is 5.82 Å². The van der Waals surface area contributed by atoms with E-state index in [0.717, 1.165) is 28.1 Å². The highest BCUT2D eigenvalue weighted by molar-refractivity contribution is 5.95. The van der Waals surface area contributed by atoms with E-state index >= 15 is 0 Å². The second kappa shape index (κ2) is 7.88. The van der Waals surface area contributed by atoms with Gasteiger partial charge in [0.25, 0.3) is 0 Å². The highest BCUT2D eigenvalue weighted by Crippen LogP contribution is 2.27. The first kappa shape index (κ1) is 19.9. The molecule has 32 heavy (non-hydrogen) atoms. The van der Waals surface area contributed by atoms with Crippen molar-refractivity contribution < 1.29 is 4.79 Å². The SMILES string of the molecule is CC(=O)c1cccc(-c2nc(NCc3nc4ccccc4[nH]3)c3ncn(C(C)C)c3n2)c1. The highest BCUT2D eigenvalue weighted by Gasteiger charge is 2.17. The van der Waals surface area contributed by atoms with E-state index in [9.17, 15) is 4.79 Å². The Kier molecular flexibility index (Phi) is 4.89. The average molecular weight is 425 g/mol. The van der Waals surface area contributed by atoms with Gasteiger partial charge in [-0.2, -0.15) is 0 Å². The number of hydrogen-bond acceptors (Lipinski definition) is 6. The van der Waals surface area contributed by atoms with Gasteiger partial charge in [-0.25, -0.2) is 19.9 Å². The number of aromatic nitrogens is 6. The molecule has 0 aliphatic carbocycles. The third-order valence-corrected chi connectivity index (χ3v) is 5.37. The zero-order chi connectivity index (χ0) is 22.2. The fourth-order valence-electron chi connectivity index (χ4n) is 3.68. The third-order valence-electron chi connectivity index (χ3n) is 5.37. The lowest BCUT2D eigenvalue weighted by molar-refractivity contribution is 0.101. The van der Waals surface area contributed by atoms with E-state index in [2.05, 4.69) is 34.1 Å². The predicted octanol–water partition coefficient (Wildman–Crippen LogP) is 4.77. The van der Waals surface area contributed by atoms with Gasteiger partial charge in [0, 0.05) is 17.2 Å². The molecule has 0 fully saturated rings. The minimum atomic E-state index is 0.00313. The number of anilines is 1. The number of nitrogens with zero attached hydrogens (tertiary/aromatic N) is 5. The number of benzene rings is 2. The summed E-state index contributed by atoms with van der Waals surface area (Å²) >= 11 is 0. The van der Waals surface area contributed by atoms with Crippen LogP contribution in [0.1, 0.15) is 43.0 Å². The molecule has 0 radical (unpaired) electrons. The molecule has 0 aliphatic rings. The number of H-pyrrole nitrogens is 1. The number of carbonyl (C=O) groups is 1. The molecule has 8 nitrogen and oxygen atoms in total. The quantitative estimate of drug-likeness (QED) is 0.380. The summed E-state index contributed by atoms with van der Waals surface area (Å²) < 4.78 is 2.02. The summed E-state index contributed by atoms with van der Waals surface area (Å²) in [7, 11) is 0. The Morgan fingerprint density at radius 1 is 1.09 bits per heavy atom. The molecular formula is C24H23N7O. The Bertz CT molecular complexity index is 1410. The van der Waals surface area contributed by atoms with Crippen LogP contribution in [0.15, 0.2) is 54.9 Å². The minimum Gasteiger partial charge on any atom is -0.361 e. The maximum Gasteiger partial charge on any atom is 0.166 e. The van der Waals surface area contributed by atoms with Crippen molar-refractivity contribution in [2.75, 3.05) is 5.32 Å². The van der Waals surface area contributed by atoms with Crippen LogP contribution >= 0.6 is 0 Å². The number of nitrogens with one attached hydrogen (secondary N) is 2. The normalized spacial score (nSPS) is 11.5. The first-order valence-corrected chi connectivity index (χ1v) is 10.5. The molecular weight excluding hydrogens is 402 g/mol. The average Bonchev–Trinajstić information content (AvgIpc) is 3.41. The van der Waals surface area contributed by atoms with Crippen LogP contribution in [0.2, 0.25) is 0 Å². The van der Waals surface area contributed by atoms with Crippen molar-refractivity contribution in [2.45, 2.75) is 33.4 Å². The summed E-state index contributed by atoms with van der Waals surface area (Å²) in [5, 5.41) is 3.38. The molecule has 0 atom stereocenters. The van der Waals surface area contributed by atoms with Crippen molar-refractivity contribution in [3.63, 3.8) is 0 Å². The van der Waals surface area contributed by atoms with Crippen LogP contribution in [-0.2, 0) is 6.54 Å². The molecule has 3 heterocycles. The largest absolute Gasteiger partial charge is 0.361 e. The van der Waals surface area contributed by atoms with Crippen molar-refractivity contribution in [3.8, 4) is 11.4 Å². The molecule has 2 aromatic carbocycles. The molecule has 0 spiro atoms. The van der Waals surface area contributed by atoms with Crippen molar-refractivity contribution in [2.24, 2.45) is 0 Å². The minimum absolute atomic E-state index is 0.00313. The van der Waals surface area contributed by atoms with Crippen molar-refractivity contribution in [3.05, 3.63) is 66.2 Å². The summed E-state index contributed by atoms with van der Waals surface area (Å²) in [6, 6.07) is 15.5. The molecule has 0 saturated carbocycles. The number of para-hydroxylation sites is 2. The first-order valence-electron chi connectivity index (χ1n) is 10.5. The topological polar surface area (TPSA) is 101 Å². The van der Waals surface area contributed by atoms with E-state index in [1.54, 1.807) is 19.3 Å². The summed E-state index contributed by atoms with van der Waals surface area (Å²) in [6.07, 6.45) is 1.78. The van der Waals surface area contributed by atoms with Gasteiger partial charge in [-0.05, 0) is 39.0 Å². The zero-order valence-corrected chi connectivity index (χ0v) is 18.1. The lowest BCUT2D eigenvalue weighted by Gasteiger charge is -2.11. The van der Waals surface area contributed by atoms with E-state index in [1.807, 2.05) is 47.0 Å². The van der Waals surface area contributed by atoms with Gasteiger partial charge in [-0.15, -0.1) is 0 Å². The maximum absolute atomic E-state index is 11.9. The van der Waals surface area contributed by atoms with E-state index in [-0.39, 0.29) is 11.8 Å². The van der Waals surface area contributed by atoms with Crippen molar-refractivity contribution in [1.29, 1.82) is 0 Å². The number of carbonyl (C=O) groups excluding carboxylic acids is 1. The Balaban J connectivity index is 1.57. The maximum atomic E-state index is 11.9. The highest BCUT2D eigenvalue weighted by atomic mass is 16.1. The Labute approximate surface area is 184 Å². The molecule has 8 heteroatoms. The molecule has 3 aromatic heterocycles. The van der Waals surface area contributed by atoms with Crippen LogP contribution in [0.5, 0.6) is 0 Å². The van der Waals surface area contributed by atoms with E-state index in [1.165, 1.54) is 0 Å². The number of ketones is 1. The Morgan fingerprint density at radius 3 is 2.72 bits per heavy atom. The lowest BCUT2D eigenvalue weighted by atomic mass is 10.1. The van der Waals surface area contributed by atoms with Gasteiger partial charge in [-0.3, -0.25) is 4.79 Å². The third kappa shape index (κ3) is 3.60. The summed E-state index contributed by atoms with van der Waals surface area (Å²) in [6.45, 7) is 6.18. The molecule has 160 valence electrons. The number of Topliss-reactive ketones (excluding diaryl/α,β-unsaturated/α-hetero) is 1. The monoisotopic (exact) mass is 425 g/mol. The van der Waals surface area contributed by atoms with Crippen LogP contribution < -0.4 is 5.32 Å². The van der Waals surface area contributed by atoms with E-state index in [0.29, 0.717) is 29.3 Å². The van der Waals surface area contributed by atoms with Gasteiger partial charge < -0.3 is 14.9 Å². The summed E-state index contributed by atoms with van der Waals surface area (Å²) in [5.41, 5.74) is 4.75. The molecule has 5 aromatic rings. The molecule has 0 amide bonds. The fraction of sp³-hybridized carbons (Fsp3) is 0.208. The molecule has 5 rings (SSSR count). The fourth-order valence-corrected chi connectivity index (χ4v) is 3.68. The summed E-state index contributed by atoms with van der Waals surface area (Å²) in [4.78, 5) is 33.9. The number of aromatic amines is 1. The van der Waals surface area contributed by atoms with Gasteiger partial charge in [0.05, 0.1) is 23.9 Å². The predicted molar refractivity (Wildman–Crippen MR) is 125 cm³/mol. The number of fused-ring (bicyclic) bond motifs is 2. The van der Waals surface area contributed by atoms with Crippen LogP contribution in [0.25, 0.3) is 33.6 Å². The van der Waals surface area contributed by atoms with Gasteiger partial charge in [0.15, 0.2) is 23.1 Å². The van der Waals surface area contributed by atoms with E-state index < -0.39 is 0 Å². The number of rotatable bonds is 6. The standard InChI is InChI=1S/C24H23N7O/c1-14(2)31-13-26-21-23(25-12-20-27-18-9-4-5-10-19(18)28-20)29-22(30-24(21)31)17-8-6-7-16(11-17)15(3)32/h4-11,13-14H,12H2,1-3H3,(H,27,28)(H,25,29,30). The second-order valence-corrected chi connectivity index (χ2v) is 8.00. The van der Waals surface area contributed by atoms with Crippen LogP contribution in [0.3, 0.4) is 0 Å². The molecule has 2 N–H and O–H groups in total. The number of imidazole rings is 2. The van der Waals surface area contributed by atoms with Crippen LogP contribution in [-0.4, -0.2) is 35.3 Å². The first-order chi connectivity index (χ1) is 15.5. The lowest BCUT2D eigenvalue weighted by Crippen LogP contribution is -2.07. The van der Waals surface area contributed by atoms with Crippen molar-refractivity contribution in [1.82, 2.24) is 29.5 Å². The van der Waals surface area contributed by atoms with E-state index in [4.69, 9.17) is 9.97 Å². The Hall–Kier alpha value is -4.07. The Morgan fingerprint density at radius 2 is 1.94 bits per heavy atom. The second-order valence-electron chi connectivity index (χ2n) is 8.00. The summed E-state index contributed by atoms with van der Waals surface area (Å²) in [5.74, 6) is 1.97. The molecule has 0 unspecified atom stereocenters. The van der Waals surface area contributed by atoms with Gasteiger partial charge in [0.2, 0.25) is 0 Å². The molecule has 0 bridgehead atoms. The van der Waals surface area contributed by atoms with Gasteiger partial charge >= 0.3 is 0 Å². The van der Waals surface area contributed by atoms with Gasteiger partial charge in [0.1, 0.15) is 11.3 Å². The van der Waals surface area contributed by atoms with Crippen molar-refractivity contribution >= 4 is 33.8 Å². The molecule has 0 aliphatic heterocycles. The molecule has 0 saturated heterocycles.